The molecule has 1 rings (SSSR count). The quantitative estimate of drug-likeness (QED) is 0.169. The highest BCUT2D eigenvalue weighted by Gasteiger charge is 2.42. The predicted octanol–water partition coefficient (Wildman–Crippen LogP) is -4.09. The summed E-state index contributed by atoms with van der Waals surface area (Å²) in [5.41, 5.74) is 4.40. The second-order valence-electron chi connectivity index (χ2n) is 4.72. The molecule has 0 radical (unpaired) electrons. The zero-order valence-corrected chi connectivity index (χ0v) is 11.8. The van der Waals surface area contributed by atoms with Crippen LogP contribution in [0.5, 0.6) is 0 Å². The van der Waals surface area contributed by atoms with Crippen molar-refractivity contribution in [1.82, 2.24) is 16.3 Å². The van der Waals surface area contributed by atoms with E-state index in [4.69, 9.17) is 15.7 Å². The van der Waals surface area contributed by atoms with E-state index in [0.717, 1.165) is 6.08 Å². The number of nitrogens with one attached hydrogen (secondary N) is 3. The first-order valence-electron chi connectivity index (χ1n) is 6.39. The maximum absolute atomic E-state index is 11.2. The van der Waals surface area contributed by atoms with Crippen LogP contribution in [0.1, 0.15) is 6.92 Å². The number of carboxylic acid groups (broad SMARTS) is 1. The Morgan fingerprint density at radius 2 is 2.09 bits per heavy atom. The summed E-state index contributed by atoms with van der Waals surface area (Å²) in [7, 11) is 0. The summed E-state index contributed by atoms with van der Waals surface area (Å²) in [4.78, 5) is 22.1. The Morgan fingerprint density at radius 1 is 1.45 bits per heavy atom. The third kappa shape index (κ3) is 4.62. The van der Waals surface area contributed by atoms with E-state index in [0.29, 0.717) is 0 Å². The summed E-state index contributed by atoms with van der Waals surface area (Å²) >= 11 is 0. The van der Waals surface area contributed by atoms with Crippen LogP contribution in [-0.4, -0.2) is 69.3 Å². The van der Waals surface area contributed by atoms with Crippen LogP contribution in [0.15, 0.2) is 11.8 Å². The van der Waals surface area contributed by atoms with Crippen LogP contribution in [0.4, 0.5) is 0 Å². The van der Waals surface area contributed by atoms with Crippen LogP contribution < -0.4 is 22.1 Å². The maximum atomic E-state index is 11.2. The number of aliphatic carboxylic acids is 1. The fraction of sp³-hybridized carbons (Fsp3) is 0.636. The highest BCUT2D eigenvalue weighted by molar-refractivity contribution is 5.84. The third-order valence-electron chi connectivity index (χ3n) is 3.03. The molecule has 1 aliphatic heterocycles. The molecule has 1 aliphatic rings. The minimum absolute atomic E-state index is 0.188. The number of rotatable bonds is 7. The molecule has 22 heavy (non-hydrogen) atoms. The number of amides is 1. The monoisotopic (exact) mass is 320 g/mol. The lowest BCUT2D eigenvalue weighted by molar-refractivity contribution is -0.147. The van der Waals surface area contributed by atoms with Crippen molar-refractivity contribution in [2.45, 2.75) is 37.4 Å². The van der Waals surface area contributed by atoms with Gasteiger partial charge in [-0.3, -0.25) is 10.6 Å². The molecule has 0 saturated heterocycles. The van der Waals surface area contributed by atoms with Gasteiger partial charge in [-0.05, 0) is 6.08 Å². The Hall–Kier alpha value is -1.76. The predicted molar refractivity (Wildman–Crippen MR) is 71.5 cm³/mol. The first-order chi connectivity index (χ1) is 10.3. The molecule has 1 heterocycles. The molecule has 126 valence electrons. The van der Waals surface area contributed by atoms with E-state index in [-0.39, 0.29) is 6.54 Å². The number of aliphatic hydroxyl groups excluding tert-OH is 3. The van der Waals surface area contributed by atoms with Gasteiger partial charge in [0.25, 0.3) is 0 Å². The van der Waals surface area contributed by atoms with E-state index in [1.54, 1.807) is 0 Å². The van der Waals surface area contributed by atoms with Gasteiger partial charge in [-0.1, -0.05) is 0 Å². The summed E-state index contributed by atoms with van der Waals surface area (Å²) in [5, 5.41) is 41.1. The summed E-state index contributed by atoms with van der Waals surface area (Å²) in [6, 6.07) is -1.13. The normalized spacial score (nSPS) is 27.3. The number of hydrazine groups is 2. The highest BCUT2D eigenvalue weighted by Crippen LogP contribution is 2.22. The number of carbonyl (C=O) groups excluding carboxylic acids is 1. The van der Waals surface area contributed by atoms with Crippen LogP contribution in [0.3, 0.4) is 0 Å². The van der Waals surface area contributed by atoms with Crippen molar-refractivity contribution in [1.29, 1.82) is 0 Å². The average molecular weight is 320 g/mol. The minimum atomic E-state index is -1.60. The topological polar surface area (TPSA) is 186 Å². The molecule has 9 N–H and O–H groups in total. The Morgan fingerprint density at radius 3 is 2.59 bits per heavy atom. The Kier molecular flexibility index (Phi) is 6.67. The lowest BCUT2D eigenvalue weighted by Crippen LogP contribution is -2.60. The van der Waals surface area contributed by atoms with E-state index in [2.05, 4.69) is 10.7 Å². The maximum Gasteiger partial charge on any atom is 0.370 e. The number of hydrogen-bond donors (Lipinski definition) is 8. The van der Waals surface area contributed by atoms with Crippen LogP contribution in [-0.2, 0) is 14.3 Å². The van der Waals surface area contributed by atoms with Gasteiger partial charge in [0.15, 0.2) is 6.10 Å². The molecule has 0 aromatic rings. The highest BCUT2D eigenvalue weighted by atomic mass is 16.5. The van der Waals surface area contributed by atoms with Gasteiger partial charge in [0, 0.05) is 13.5 Å². The zero-order chi connectivity index (χ0) is 16.9. The van der Waals surface area contributed by atoms with E-state index in [1.807, 2.05) is 5.53 Å². The standard InChI is InChI=1S/C11H20N4O7/c1-4(16)14-8-5(17)2-7(11(20)21)22-10(8)9(19)6(18)3-13-15-12/h2,5-6,8-10,13,15,17-19H,3,12H2,1H3,(H,14,16)(H,20,21)/t5-,6+,8+,9+,10+/m0/s1. The molecular formula is C11H20N4O7. The van der Waals surface area contributed by atoms with Gasteiger partial charge < -0.3 is 30.5 Å². The Labute approximate surface area is 125 Å². The van der Waals surface area contributed by atoms with Crippen LogP contribution >= 0.6 is 0 Å². The number of ether oxygens (including phenoxy) is 1. The first kappa shape index (κ1) is 18.3. The average Bonchev–Trinajstić information content (AvgIpc) is 2.45. The molecule has 0 unspecified atom stereocenters. The van der Waals surface area contributed by atoms with Crippen molar-refractivity contribution < 1.29 is 34.8 Å². The fourth-order valence-electron chi connectivity index (χ4n) is 2.02. The molecule has 0 aromatic carbocycles. The van der Waals surface area contributed by atoms with Gasteiger partial charge >= 0.3 is 5.97 Å². The molecule has 11 nitrogen and oxygen atoms in total. The number of hydrogen-bond acceptors (Lipinski definition) is 9. The zero-order valence-electron chi connectivity index (χ0n) is 11.8. The first-order valence-corrected chi connectivity index (χ1v) is 6.39. The number of carbonyl (C=O) groups is 2. The summed E-state index contributed by atoms with van der Waals surface area (Å²) in [6.07, 6.45) is -4.88. The van der Waals surface area contributed by atoms with E-state index in [1.165, 1.54) is 6.92 Å². The number of nitrogens with two attached hydrogens (primary N) is 1. The van der Waals surface area contributed by atoms with Gasteiger partial charge in [-0.25, -0.2) is 10.2 Å². The molecule has 5 atom stereocenters. The Balaban J connectivity index is 2.96. The van der Waals surface area contributed by atoms with Crippen molar-refractivity contribution in [3.05, 3.63) is 11.8 Å². The molecule has 0 aliphatic carbocycles. The molecule has 11 heteroatoms. The van der Waals surface area contributed by atoms with Crippen LogP contribution in [0.2, 0.25) is 0 Å². The fourth-order valence-corrected chi connectivity index (χ4v) is 2.02. The molecule has 0 saturated carbocycles. The number of aliphatic hydroxyl groups is 3. The SMILES string of the molecule is CC(=O)N[C@H]1[C@H]([C@H](O)[C@H](O)CNNN)OC(C(=O)O)=C[C@@H]1O. The second kappa shape index (κ2) is 8.03. The smallest absolute Gasteiger partial charge is 0.370 e. The largest absolute Gasteiger partial charge is 0.478 e. The molecule has 1 amide bonds. The lowest BCUT2D eigenvalue weighted by atomic mass is 9.93. The lowest BCUT2D eigenvalue weighted by Gasteiger charge is -2.38. The van der Waals surface area contributed by atoms with Gasteiger partial charge in [0.05, 0.1) is 12.1 Å². The third-order valence-corrected chi connectivity index (χ3v) is 3.03. The minimum Gasteiger partial charge on any atom is -0.478 e. The number of carboxylic acids is 1. The molecular weight excluding hydrogens is 300 g/mol. The Bertz CT molecular complexity index is 444. The summed E-state index contributed by atoms with van der Waals surface area (Å²) < 4.78 is 5.09. The van der Waals surface area contributed by atoms with Gasteiger partial charge in [0.1, 0.15) is 12.2 Å². The van der Waals surface area contributed by atoms with Crippen LogP contribution in [0.25, 0.3) is 0 Å². The van der Waals surface area contributed by atoms with Gasteiger partial charge in [-0.2, -0.15) is 5.53 Å². The molecule has 0 spiro atoms. The van der Waals surface area contributed by atoms with Gasteiger partial charge in [0.2, 0.25) is 11.7 Å². The van der Waals surface area contributed by atoms with Crippen molar-refractivity contribution in [2.24, 2.45) is 5.84 Å². The molecule has 0 fully saturated rings. The summed E-state index contributed by atoms with van der Waals surface area (Å²) in [6.45, 7) is 0.995. The molecule has 0 bridgehead atoms. The van der Waals surface area contributed by atoms with Crippen molar-refractivity contribution in [3.8, 4) is 0 Å². The van der Waals surface area contributed by atoms with Crippen molar-refractivity contribution in [3.63, 3.8) is 0 Å². The van der Waals surface area contributed by atoms with Crippen molar-refractivity contribution in [2.75, 3.05) is 6.54 Å². The summed E-state index contributed by atoms with van der Waals surface area (Å²) in [5.74, 6) is 2.41. The second-order valence-corrected chi connectivity index (χ2v) is 4.72. The molecule has 0 aromatic heterocycles. The van der Waals surface area contributed by atoms with Crippen molar-refractivity contribution >= 4 is 11.9 Å². The van der Waals surface area contributed by atoms with E-state index < -0.39 is 48.1 Å². The van der Waals surface area contributed by atoms with Gasteiger partial charge in [-0.15, -0.1) is 0 Å². The van der Waals surface area contributed by atoms with E-state index in [9.17, 15) is 24.9 Å². The van der Waals surface area contributed by atoms with Crippen LogP contribution in [0, 0.1) is 0 Å². The van der Waals surface area contributed by atoms with E-state index >= 15 is 0 Å².